The summed E-state index contributed by atoms with van der Waals surface area (Å²) in [6.07, 6.45) is 48.6. The van der Waals surface area contributed by atoms with E-state index in [4.69, 9.17) is 4.74 Å². The van der Waals surface area contributed by atoms with E-state index < -0.39 is 12.1 Å². The molecule has 0 aliphatic carbocycles. The molecular formula is C44H86O4. The maximum absolute atomic E-state index is 12.4. The van der Waals surface area contributed by atoms with Gasteiger partial charge in [-0.25, -0.2) is 0 Å². The van der Waals surface area contributed by atoms with Crippen molar-refractivity contribution in [3.8, 4) is 0 Å². The molecular weight excluding hydrogens is 592 g/mol. The van der Waals surface area contributed by atoms with Gasteiger partial charge in [0.25, 0.3) is 0 Å². The average Bonchev–Trinajstić information content (AvgIpc) is 3.06. The minimum absolute atomic E-state index is 0.0658. The summed E-state index contributed by atoms with van der Waals surface area (Å²) >= 11 is 0. The Hall–Kier alpha value is -1.06. The van der Waals surface area contributed by atoms with Crippen LogP contribution in [-0.2, 0) is 14.3 Å². The number of carboxylic acid groups (broad SMARTS) is 1. The van der Waals surface area contributed by atoms with Crippen LogP contribution in [0.1, 0.15) is 264 Å². The van der Waals surface area contributed by atoms with Gasteiger partial charge in [0.05, 0.1) is 6.42 Å². The van der Waals surface area contributed by atoms with Crippen molar-refractivity contribution in [2.45, 2.75) is 270 Å². The largest absolute Gasteiger partial charge is 0.481 e. The van der Waals surface area contributed by atoms with Gasteiger partial charge in [-0.05, 0) is 19.3 Å². The molecule has 0 amide bonds. The normalized spacial score (nSPS) is 12.0. The van der Waals surface area contributed by atoms with E-state index in [0.717, 1.165) is 25.7 Å². The summed E-state index contributed by atoms with van der Waals surface area (Å²) in [4.78, 5) is 23.7. The highest BCUT2D eigenvalue weighted by Gasteiger charge is 2.17. The van der Waals surface area contributed by atoms with Gasteiger partial charge in [-0.15, -0.1) is 0 Å². The second-order valence-electron chi connectivity index (χ2n) is 15.3. The van der Waals surface area contributed by atoms with Crippen molar-refractivity contribution in [3.05, 3.63) is 0 Å². The predicted molar refractivity (Wildman–Crippen MR) is 209 cm³/mol. The third kappa shape index (κ3) is 39.4. The fraction of sp³-hybridized carbons (Fsp3) is 0.955. The lowest BCUT2D eigenvalue weighted by atomic mass is 10.0. The molecule has 4 nitrogen and oxygen atoms in total. The lowest BCUT2D eigenvalue weighted by Gasteiger charge is -2.16. The maximum Gasteiger partial charge on any atom is 0.307 e. The Labute approximate surface area is 301 Å². The number of rotatable bonds is 41. The molecule has 0 fully saturated rings. The van der Waals surface area contributed by atoms with E-state index in [1.54, 1.807) is 0 Å². The van der Waals surface area contributed by atoms with E-state index in [0.29, 0.717) is 12.8 Å². The van der Waals surface area contributed by atoms with E-state index in [1.807, 2.05) is 0 Å². The standard InChI is InChI=1S/C44H86O4/c1-3-5-7-9-11-13-15-17-19-20-21-22-23-24-26-28-30-32-34-36-38-40-44(47)48-42(41-43(45)46)39-37-35-33-31-29-27-25-18-16-14-12-10-8-6-4-2/h42H,3-41H2,1-2H3,(H,45,46). The minimum Gasteiger partial charge on any atom is -0.481 e. The van der Waals surface area contributed by atoms with Crippen molar-refractivity contribution in [1.29, 1.82) is 0 Å². The zero-order valence-electron chi connectivity index (χ0n) is 32.8. The maximum atomic E-state index is 12.4. The highest BCUT2D eigenvalue weighted by molar-refractivity contribution is 5.71. The quantitative estimate of drug-likeness (QED) is 0.0516. The summed E-state index contributed by atoms with van der Waals surface area (Å²) in [5.74, 6) is -1.08. The summed E-state index contributed by atoms with van der Waals surface area (Å²) in [7, 11) is 0. The van der Waals surface area contributed by atoms with E-state index in [-0.39, 0.29) is 12.4 Å². The van der Waals surface area contributed by atoms with Gasteiger partial charge in [0.15, 0.2) is 0 Å². The first-order chi connectivity index (χ1) is 23.6. The minimum atomic E-state index is -0.872. The molecule has 0 rings (SSSR count). The lowest BCUT2D eigenvalue weighted by molar-refractivity contribution is -0.153. The molecule has 4 heteroatoms. The number of carbonyl (C=O) groups is 2. The fourth-order valence-electron chi connectivity index (χ4n) is 7.09. The Balaban J connectivity index is 3.53. The van der Waals surface area contributed by atoms with E-state index in [9.17, 15) is 14.7 Å². The van der Waals surface area contributed by atoms with Crippen LogP contribution in [0.2, 0.25) is 0 Å². The van der Waals surface area contributed by atoms with Crippen LogP contribution in [0.4, 0.5) is 0 Å². The molecule has 0 saturated carbocycles. The van der Waals surface area contributed by atoms with Gasteiger partial charge in [-0.2, -0.15) is 0 Å². The SMILES string of the molecule is CCCCCCCCCCCCCCCCCCCCCCCC(=O)OC(CCCCCCCCCCCCCCCCC)CC(=O)O. The number of ether oxygens (including phenoxy) is 1. The number of unbranched alkanes of at least 4 members (excludes halogenated alkanes) is 34. The summed E-state index contributed by atoms with van der Waals surface area (Å²) in [6.45, 7) is 4.57. The van der Waals surface area contributed by atoms with Crippen LogP contribution in [0, 0.1) is 0 Å². The van der Waals surface area contributed by atoms with Crippen LogP contribution in [0.25, 0.3) is 0 Å². The molecule has 0 aromatic carbocycles. The first-order valence-electron chi connectivity index (χ1n) is 22.0. The summed E-state index contributed by atoms with van der Waals surface area (Å²) in [5, 5.41) is 9.29. The number of esters is 1. The first-order valence-corrected chi connectivity index (χ1v) is 22.0. The van der Waals surface area contributed by atoms with Crippen molar-refractivity contribution < 1.29 is 19.4 Å². The second kappa shape index (κ2) is 40.4. The zero-order chi connectivity index (χ0) is 35.0. The number of hydrogen-bond acceptors (Lipinski definition) is 3. The highest BCUT2D eigenvalue weighted by Crippen LogP contribution is 2.18. The predicted octanol–water partition coefficient (Wildman–Crippen LogP) is 15.2. The van der Waals surface area contributed by atoms with Gasteiger partial charge in [0.2, 0.25) is 0 Å². The Morgan fingerprint density at radius 3 is 0.917 bits per heavy atom. The molecule has 0 aliphatic heterocycles. The molecule has 0 heterocycles. The molecule has 0 aromatic rings. The monoisotopic (exact) mass is 679 g/mol. The van der Waals surface area contributed by atoms with Crippen molar-refractivity contribution >= 4 is 11.9 Å². The highest BCUT2D eigenvalue weighted by atomic mass is 16.5. The van der Waals surface area contributed by atoms with E-state index in [2.05, 4.69) is 13.8 Å². The van der Waals surface area contributed by atoms with Gasteiger partial charge in [0.1, 0.15) is 6.10 Å². The fourth-order valence-corrected chi connectivity index (χ4v) is 7.09. The van der Waals surface area contributed by atoms with Crippen LogP contribution in [0.3, 0.4) is 0 Å². The molecule has 0 radical (unpaired) electrons. The van der Waals surface area contributed by atoms with Gasteiger partial charge in [0, 0.05) is 6.42 Å². The van der Waals surface area contributed by atoms with Gasteiger partial charge < -0.3 is 9.84 Å². The molecule has 0 spiro atoms. The van der Waals surface area contributed by atoms with Crippen LogP contribution < -0.4 is 0 Å². The van der Waals surface area contributed by atoms with Crippen LogP contribution in [0.15, 0.2) is 0 Å². The molecule has 48 heavy (non-hydrogen) atoms. The summed E-state index contributed by atoms with van der Waals surface area (Å²) < 4.78 is 5.60. The third-order valence-corrected chi connectivity index (χ3v) is 10.3. The van der Waals surface area contributed by atoms with Crippen molar-refractivity contribution in [2.75, 3.05) is 0 Å². The van der Waals surface area contributed by atoms with Crippen molar-refractivity contribution in [1.82, 2.24) is 0 Å². The van der Waals surface area contributed by atoms with Crippen LogP contribution >= 0.6 is 0 Å². The number of carbonyl (C=O) groups excluding carboxylic acids is 1. The van der Waals surface area contributed by atoms with Gasteiger partial charge >= 0.3 is 11.9 Å². The molecule has 1 atom stereocenters. The molecule has 0 bridgehead atoms. The summed E-state index contributed by atoms with van der Waals surface area (Å²) in [5.41, 5.74) is 0. The number of hydrogen-bond donors (Lipinski definition) is 1. The van der Waals surface area contributed by atoms with Crippen molar-refractivity contribution in [3.63, 3.8) is 0 Å². The Kier molecular flexibility index (Phi) is 39.5. The van der Waals surface area contributed by atoms with E-state index >= 15 is 0 Å². The number of carboxylic acids is 1. The Morgan fingerprint density at radius 2 is 0.646 bits per heavy atom. The molecule has 1 N–H and O–H groups in total. The molecule has 1 unspecified atom stereocenters. The molecule has 0 aromatic heterocycles. The topological polar surface area (TPSA) is 63.6 Å². The first kappa shape index (κ1) is 46.9. The summed E-state index contributed by atoms with van der Waals surface area (Å²) in [6, 6.07) is 0. The van der Waals surface area contributed by atoms with Gasteiger partial charge in [-0.3, -0.25) is 9.59 Å². The second-order valence-corrected chi connectivity index (χ2v) is 15.3. The van der Waals surface area contributed by atoms with Gasteiger partial charge in [-0.1, -0.05) is 232 Å². The van der Waals surface area contributed by atoms with Crippen LogP contribution in [0.5, 0.6) is 0 Å². The molecule has 0 saturated heterocycles. The Bertz CT molecular complexity index is 648. The average molecular weight is 679 g/mol. The zero-order valence-corrected chi connectivity index (χ0v) is 32.8. The molecule has 286 valence electrons. The lowest BCUT2D eigenvalue weighted by Crippen LogP contribution is -2.21. The molecule has 0 aliphatic rings. The van der Waals surface area contributed by atoms with Crippen molar-refractivity contribution in [2.24, 2.45) is 0 Å². The van der Waals surface area contributed by atoms with Crippen LogP contribution in [-0.4, -0.2) is 23.1 Å². The Morgan fingerprint density at radius 1 is 0.396 bits per heavy atom. The van der Waals surface area contributed by atoms with E-state index in [1.165, 1.54) is 205 Å². The smallest absolute Gasteiger partial charge is 0.307 e. The number of aliphatic carboxylic acids is 1. The third-order valence-electron chi connectivity index (χ3n) is 10.3.